The summed E-state index contributed by atoms with van der Waals surface area (Å²) in [6.45, 7) is 5.98. The molecule has 2 aromatic rings. The molecule has 3 rings (SSSR count). The first-order chi connectivity index (χ1) is 10.3. The van der Waals surface area contributed by atoms with Gasteiger partial charge < -0.3 is 10.6 Å². The van der Waals surface area contributed by atoms with Crippen molar-refractivity contribution in [1.82, 2.24) is 10.6 Å². The van der Waals surface area contributed by atoms with Gasteiger partial charge in [0.2, 0.25) is 0 Å². The highest BCUT2D eigenvalue weighted by Gasteiger charge is 2.16. The minimum atomic E-state index is 0.0395. The van der Waals surface area contributed by atoms with E-state index in [4.69, 9.17) is 0 Å². The largest absolute Gasteiger partial charge is 0.349 e. The molecule has 0 radical (unpaired) electrons. The summed E-state index contributed by atoms with van der Waals surface area (Å²) in [5, 5.41) is 8.70. The molecule has 2 N–H and O–H groups in total. The lowest BCUT2D eigenvalue weighted by atomic mass is 10.0. The lowest BCUT2D eigenvalue weighted by molar-refractivity contribution is 0.0929. The number of amides is 1. The molecule has 1 fully saturated rings. The quantitative estimate of drug-likeness (QED) is 0.888. The number of nitrogens with one attached hydrogen (secondary N) is 2. The summed E-state index contributed by atoms with van der Waals surface area (Å²) >= 11 is 0. The average Bonchev–Trinajstić information content (AvgIpc) is 2.57. The van der Waals surface area contributed by atoms with Crippen molar-refractivity contribution < 1.29 is 4.79 Å². The second-order valence-electron chi connectivity index (χ2n) is 5.06. The number of rotatable bonds is 2. The molecule has 1 aliphatic heterocycles. The summed E-state index contributed by atoms with van der Waals surface area (Å²) in [6.07, 6.45) is 2.03. The van der Waals surface area contributed by atoms with Gasteiger partial charge >= 0.3 is 0 Å². The summed E-state index contributed by atoms with van der Waals surface area (Å²) < 4.78 is 0. The minimum Gasteiger partial charge on any atom is -0.349 e. The number of carbonyl (C=O) groups is 1. The van der Waals surface area contributed by atoms with Crippen LogP contribution in [0.15, 0.2) is 42.5 Å². The lowest BCUT2D eigenvalue weighted by Gasteiger charge is -2.23. The van der Waals surface area contributed by atoms with Crippen LogP contribution >= 0.6 is 0 Å². The molecule has 0 bridgehead atoms. The third kappa shape index (κ3) is 4.05. The van der Waals surface area contributed by atoms with Crippen LogP contribution < -0.4 is 10.6 Å². The van der Waals surface area contributed by atoms with E-state index in [1.54, 1.807) is 0 Å². The van der Waals surface area contributed by atoms with Gasteiger partial charge in [0.15, 0.2) is 0 Å². The average molecular weight is 284 g/mol. The smallest absolute Gasteiger partial charge is 0.251 e. The molecule has 1 saturated heterocycles. The molecule has 1 aliphatic rings. The maximum Gasteiger partial charge on any atom is 0.251 e. The predicted octanol–water partition coefficient (Wildman–Crippen LogP) is 3.35. The van der Waals surface area contributed by atoms with E-state index in [0.29, 0.717) is 6.04 Å². The third-order valence-electron chi connectivity index (χ3n) is 3.69. The van der Waals surface area contributed by atoms with Crippen LogP contribution in [0.25, 0.3) is 10.8 Å². The highest BCUT2D eigenvalue weighted by molar-refractivity contribution is 5.98. The molecule has 21 heavy (non-hydrogen) atoms. The Kier molecular flexibility index (Phi) is 5.76. The van der Waals surface area contributed by atoms with E-state index in [0.717, 1.165) is 36.9 Å². The van der Waals surface area contributed by atoms with Crippen molar-refractivity contribution >= 4 is 16.7 Å². The second kappa shape index (κ2) is 7.79. The SMILES string of the molecule is CC.O=C(NC1CCNCC1)c1ccc2ccccc2c1. The maximum atomic E-state index is 12.2. The normalized spacial score (nSPS) is 15.1. The van der Waals surface area contributed by atoms with Crippen LogP contribution in [0, 0.1) is 0 Å². The van der Waals surface area contributed by atoms with E-state index in [-0.39, 0.29) is 5.91 Å². The number of carbonyl (C=O) groups excluding carboxylic acids is 1. The van der Waals surface area contributed by atoms with Gasteiger partial charge in [-0.3, -0.25) is 4.79 Å². The standard InChI is InChI=1S/C16H18N2O.C2H6/c19-16(18-15-7-9-17-10-8-15)14-6-5-12-3-1-2-4-13(12)11-14;1-2/h1-6,11,15,17H,7-10H2,(H,18,19);1-2H3. The maximum absolute atomic E-state index is 12.2. The molecular formula is C18H24N2O. The summed E-state index contributed by atoms with van der Waals surface area (Å²) in [5.74, 6) is 0.0395. The predicted molar refractivity (Wildman–Crippen MR) is 88.7 cm³/mol. The summed E-state index contributed by atoms with van der Waals surface area (Å²) in [7, 11) is 0. The van der Waals surface area contributed by atoms with E-state index in [9.17, 15) is 4.79 Å². The fourth-order valence-electron chi connectivity index (χ4n) is 2.57. The van der Waals surface area contributed by atoms with Crippen LogP contribution in [0.2, 0.25) is 0 Å². The van der Waals surface area contributed by atoms with Crippen molar-refractivity contribution in [2.75, 3.05) is 13.1 Å². The molecule has 2 aromatic carbocycles. The van der Waals surface area contributed by atoms with Crippen LogP contribution in [0.4, 0.5) is 0 Å². The fourth-order valence-corrected chi connectivity index (χ4v) is 2.57. The first kappa shape index (κ1) is 15.5. The number of hydrogen-bond acceptors (Lipinski definition) is 2. The fraction of sp³-hybridized carbons (Fsp3) is 0.389. The van der Waals surface area contributed by atoms with Gasteiger partial charge in [-0.1, -0.05) is 44.2 Å². The van der Waals surface area contributed by atoms with Gasteiger partial charge in [0, 0.05) is 11.6 Å². The Balaban J connectivity index is 0.000000774. The van der Waals surface area contributed by atoms with Gasteiger partial charge in [-0.05, 0) is 48.8 Å². The van der Waals surface area contributed by atoms with Crippen molar-refractivity contribution in [3.63, 3.8) is 0 Å². The van der Waals surface area contributed by atoms with Crippen molar-refractivity contribution in [1.29, 1.82) is 0 Å². The van der Waals surface area contributed by atoms with E-state index < -0.39 is 0 Å². The molecule has 0 atom stereocenters. The van der Waals surface area contributed by atoms with Crippen molar-refractivity contribution in [3.8, 4) is 0 Å². The molecule has 112 valence electrons. The van der Waals surface area contributed by atoms with Gasteiger partial charge in [0.1, 0.15) is 0 Å². The zero-order chi connectivity index (χ0) is 15.1. The van der Waals surface area contributed by atoms with Crippen LogP contribution in [0.3, 0.4) is 0 Å². The van der Waals surface area contributed by atoms with Gasteiger partial charge in [-0.15, -0.1) is 0 Å². The van der Waals surface area contributed by atoms with Crippen LogP contribution in [-0.2, 0) is 0 Å². The topological polar surface area (TPSA) is 41.1 Å². The molecule has 0 spiro atoms. The number of benzene rings is 2. The van der Waals surface area contributed by atoms with Gasteiger partial charge in [0.25, 0.3) is 5.91 Å². The van der Waals surface area contributed by atoms with Crippen LogP contribution in [0.1, 0.15) is 37.0 Å². The Morgan fingerprint density at radius 1 is 1.05 bits per heavy atom. The molecule has 0 aliphatic carbocycles. The molecule has 3 heteroatoms. The minimum absolute atomic E-state index is 0.0395. The Hall–Kier alpha value is -1.87. The van der Waals surface area contributed by atoms with Crippen LogP contribution in [0.5, 0.6) is 0 Å². The first-order valence-electron chi connectivity index (χ1n) is 7.83. The first-order valence-corrected chi connectivity index (χ1v) is 7.83. The van der Waals surface area contributed by atoms with Crippen molar-refractivity contribution in [2.45, 2.75) is 32.7 Å². The number of hydrogen-bond donors (Lipinski definition) is 2. The monoisotopic (exact) mass is 284 g/mol. The molecular weight excluding hydrogens is 260 g/mol. The molecule has 0 saturated carbocycles. The second-order valence-corrected chi connectivity index (χ2v) is 5.06. The Morgan fingerprint density at radius 2 is 1.71 bits per heavy atom. The Labute approximate surface area is 126 Å². The van der Waals surface area contributed by atoms with Gasteiger partial charge in [0.05, 0.1) is 0 Å². The summed E-state index contributed by atoms with van der Waals surface area (Å²) in [6, 6.07) is 14.3. The number of fused-ring (bicyclic) bond motifs is 1. The van der Waals surface area contributed by atoms with Crippen LogP contribution in [-0.4, -0.2) is 25.0 Å². The van der Waals surface area contributed by atoms with Crippen molar-refractivity contribution in [2.24, 2.45) is 0 Å². The van der Waals surface area contributed by atoms with E-state index in [2.05, 4.69) is 16.7 Å². The Morgan fingerprint density at radius 3 is 2.43 bits per heavy atom. The zero-order valence-electron chi connectivity index (χ0n) is 12.9. The zero-order valence-corrected chi connectivity index (χ0v) is 12.9. The summed E-state index contributed by atoms with van der Waals surface area (Å²) in [4.78, 5) is 12.2. The summed E-state index contributed by atoms with van der Waals surface area (Å²) in [5.41, 5.74) is 0.747. The Bertz CT molecular complexity index is 589. The van der Waals surface area contributed by atoms with Gasteiger partial charge in [-0.25, -0.2) is 0 Å². The molecule has 0 aromatic heterocycles. The van der Waals surface area contributed by atoms with E-state index in [1.165, 1.54) is 5.39 Å². The molecule has 0 unspecified atom stereocenters. The lowest BCUT2D eigenvalue weighted by Crippen LogP contribution is -2.42. The van der Waals surface area contributed by atoms with E-state index >= 15 is 0 Å². The van der Waals surface area contributed by atoms with Crippen molar-refractivity contribution in [3.05, 3.63) is 48.0 Å². The van der Waals surface area contributed by atoms with Gasteiger partial charge in [-0.2, -0.15) is 0 Å². The molecule has 1 heterocycles. The third-order valence-corrected chi connectivity index (χ3v) is 3.69. The molecule has 3 nitrogen and oxygen atoms in total. The number of piperidine rings is 1. The van der Waals surface area contributed by atoms with E-state index in [1.807, 2.05) is 50.2 Å². The highest BCUT2D eigenvalue weighted by Crippen LogP contribution is 2.16. The molecule has 1 amide bonds. The highest BCUT2D eigenvalue weighted by atomic mass is 16.1.